The van der Waals surface area contributed by atoms with Gasteiger partial charge in [-0.3, -0.25) is 29.5 Å². The lowest BCUT2D eigenvalue weighted by atomic mass is 9.92. The van der Waals surface area contributed by atoms with E-state index in [9.17, 15) is 28.9 Å². The molecule has 0 saturated carbocycles. The normalized spacial score (nSPS) is 14.5. The molecule has 2 heterocycles. The summed E-state index contributed by atoms with van der Waals surface area (Å²) < 4.78 is 18.5. The Morgan fingerprint density at radius 2 is 2.00 bits per heavy atom. The number of nitro benzene ring substituents is 1. The van der Waals surface area contributed by atoms with Crippen LogP contribution in [0.3, 0.4) is 0 Å². The fourth-order valence-corrected chi connectivity index (χ4v) is 3.55. The van der Waals surface area contributed by atoms with Gasteiger partial charge in [-0.15, -0.1) is 0 Å². The summed E-state index contributed by atoms with van der Waals surface area (Å²) in [6.45, 7) is 1.86. The Hall–Kier alpha value is -4.81. The molecule has 3 aromatic rings. The smallest absolute Gasteiger partial charge is 0.273 e. The minimum Gasteiger partial charge on any atom is -0.491 e. The van der Waals surface area contributed by atoms with Gasteiger partial charge < -0.3 is 20.7 Å². The third-order valence-electron chi connectivity index (χ3n) is 5.11. The zero-order valence-corrected chi connectivity index (χ0v) is 18.3. The van der Waals surface area contributed by atoms with Crippen LogP contribution in [0.25, 0.3) is 0 Å². The van der Waals surface area contributed by atoms with Gasteiger partial charge in [0.2, 0.25) is 17.8 Å². The molecule has 180 valence electrons. The minimum atomic E-state index is -1.18. The number of hydrogen-bond donors (Lipinski definition) is 4. The second kappa shape index (κ2) is 9.59. The van der Waals surface area contributed by atoms with Crippen molar-refractivity contribution in [2.75, 3.05) is 22.6 Å². The van der Waals surface area contributed by atoms with E-state index in [0.29, 0.717) is 5.69 Å². The van der Waals surface area contributed by atoms with Crippen LogP contribution in [-0.4, -0.2) is 33.3 Å². The summed E-state index contributed by atoms with van der Waals surface area (Å²) in [5.41, 5.74) is -0.350. The van der Waals surface area contributed by atoms with E-state index in [1.807, 2.05) is 0 Å². The number of non-ortho nitro benzene ring substituents is 1. The predicted molar refractivity (Wildman–Crippen MR) is 123 cm³/mol. The summed E-state index contributed by atoms with van der Waals surface area (Å²) in [5.74, 6) is -2.89. The topological polar surface area (TPSA) is 168 Å². The molecule has 2 aromatic carbocycles. The van der Waals surface area contributed by atoms with Crippen LogP contribution < -0.4 is 26.2 Å². The Morgan fingerprint density at radius 3 is 2.69 bits per heavy atom. The number of aromatic amines is 1. The van der Waals surface area contributed by atoms with Crippen LogP contribution in [-0.2, 0) is 9.59 Å². The number of benzene rings is 2. The van der Waals surface area contributed by atoms with Crippen LogP contribution in [0.5, 0.6) is 5.75 Å². The molecule has 1 atom stereocenters. The molecule has 0 saturated heterocycles. The fourth-order valence-electron chi connectivity index (χ4n) is 3.55. The number of hydrogen-bond acceptors (Lipinski definition) is 8. The van der Waals surface area contributed by atoms with Gasteiger partial charge in [0.25, 0.3) is 11.2 Å². The van der Waals surface area contributed by atoms with Gasteiger partial charge in [0, 0.05) is 18.2 Å². The number of amides is 2. The molecular weight excluding hydrogens is 463 g/mol. The summed E-state index contributed by atoms with van der Waals surface area (Å²) in [4.78, 5) is 55.4. The van der Waals surface area contributed by atoms with E-state index < -0.39 is 34.0 Å². The predicted octanol–water partition coefficient (Wildman–Crippen LogP) is 3.02. The maximum Gasteiger partial charge on any atom is 0.273 e. The first-order valence-corrected chi connectivity index (χ1v) is 10.4. The number of ether oxygens (including phenoxy) is 1. The van der Waals surface area contributed by atoms with Crippen molar-refractivity contribution in [1.29, 1.82) is 0 Å². The van der Waals surface area contributed by atoms with Crippen molar-refractivity contribution in [1.82, 2.24) is 9.97 Å². The van der Waals surface area contributed by atoms with E-state index in [4.69, 9.17) is 4.74 Å². The quantitative estimate of drug-likeness (QED) is 0.294. The van der Waals surface area contributed by atoms with Crippen LogP contribution >= 0.6 is 0 Å². The number of carbonyl (C=O) groups excluding carboxylic acids is 2. The molecule has 0 spiro atoms. The van der Waals surface area contributed by atoms with Crippen LogP contribution in [0.1, 0.15) is 24.8 Å². The average Bonchev–Trinajstić information content (AvgIpc) is 2.81. The van der Waals surface area contributed by atoms with E-state index >= 15 is 0 Å². The molecule has 12 nitrogen and oxygen atoms in total. The van der Waals surface area contributed by atoms with Crippen LogP contribution in [0, 0.1) is 15.9 Å². The lowest BCUT2D eigenvalue weighted by Crippen LogP contribution is -2.36. The molecule has 1 aliphatic heterocycles. The van der Waals surface area contributed by atoms with Crippen molar-refractivity contribution >= 4 is 40.6 Å². The number of nitro groups is 1. The number of fused-ring (bicyclic) bond motifs is 1. The van der Waals surface area contributed by atoms with Crippen molar-refractivity contribution in [2.24, 2.45) is 0 Å². The van der Waals surface area contributed by atoms with Crippen LogP contribution in [0.4, 0.5) is 33.2 Å². The second-order valence-electron chi connectivity index (χ2n) is 7.47. The third kappa shape index (κ3) is 5.08. The zero-order valence-electron chi connectivity index (χ0n) is 18.3. The number of carbonyl (C=O) groups is 2. The van der Waals surface area contributed by atoms with E-state index in [1.54, 1.807) is 6.92 Å². The summed E-state index contributed by atoms with van der Waals surface area (Å²) >= 11 is 0. The van der Waals surface area contributed by atoms with Gasteiger partial charge in [-0.05, 0) is 37.3 Å². The molecule has 13 heteroatoms. The summed E-state index contributed by atoms with van der Waals surface area (Å²) in [6, 6.07) is 8.98. The molecular formula is C22H19FN6O6. The molecule has 0 radical (unpaired) electrons. The molecule has 4 N–H and O–H groups in total. The van der Waals surface area contributed by atoms with Gasteiger partial charge in [-0.1, -0.05) is 0 Å². The Kier molecular flexibility index (Phi) is 6.40. The monoisotopic (exact) mass is 482 g/mol. The molecule has 0 unspecified atom stereocenters. The number of anilines is 4. The highest BCUT2D eigenvalue weighted by Gasteiger charge is 2.35. The van der Waals surface area contributed by atoms with Gasteiger partial charge in [0.05, 0.1) is 34.8 Å². The Bertz CT molecular complexity index is 1370. The molecule has 35 heavy (non-hydrogen) atoms. The number of rotatable bonds is 7. The number of nitrogens with one attached hydrogen (secondary N) is 4. The van der Waals surface area contributed by atoms with Gasteiger partial charge in [-0.2, -0.15) is 4.98 Å². The maximum atomic E-state index is 13.1. The number of halogens is 1. The van der Waals surface area contributed by atoms with Crippen molar-refractivity contribution in [2.45, 2.75) is 19.3 Å². The minimum absolute atomic E-state index is 0.0179. The molecule has 2 amide bonds. The standard InChI is InChI=1S/C22H19FN6O6/c1-2-35-16-9-13(29(33)34)7-8-15(16)25-20(31)14-10-17(30)26-19-18(14)21(32)28-22(27-19)24-12-5-3-11(23)4-6-12/h3-9,14H,2,10H2,1H3,(H,25,31)(H3,24,26,27,28,30,32)/t14-/m0/s1. The van der Waals surface area contributed by atoms with Gasteiger partial charge in [0.15, 0.2) is 0 Å². The summed E-state index contributed by atoms with van der Waals surface area (Å²) in [7, 11) is 0. The lowest BCUT2D eigenvalue weighted by molar-refractivity contribution is -0.384. The van der Waals surface area contributed by atoms with E-state index in [1.165, 1.54) is 42.5 Å². The SMILES string of the molecule is CCOc1cc([N+](=O)[O-])ccc1NC(=O)[C@H]1CC(=O)Nc2nc(Nc3ccc(F)cc3)[nH]c(=O)c21. The fraction of sp³-hybridized carbons (Fsp3) is 0.182. The summed E-state index contributed by atoms with van der Waals surface area (Å²) in [5, 5.41) is 18.9. The van der Waals surface area contributed by atoms with Gasteiger partial charge >= 0.3 is 0 Å². The van der Waals surface area contributed by atoms with Crippen molar-refractivity contribution in [3.8, 4) is 5.75 Å². The highest BCUT2D eigenvalue weighted by atomic mass is 19.1. The lowest BCUT2D eigenvalue weighted by Gasteiger charge is -2.24. The van der Waals surface area contributed by atoms with E-state index in [0.717, 1.165) is 0 Å². The van der Waals surface area contributed by atoms with Crippen LogP contribution in [0.2, 0.25) is 0 Å². The summed E-state index contributed by atoms with van der Waals surface area (Å²) in [6.07, 6.45) is -0.314. The van der Waals surface area contributed by atoms with Crippen molar-refractivity contribution in [3.05, 3.63) is 74.3 Å². The number of H-pyrrole nitrogens is 1. The van der Waals surface area contributed by atoms with Crippen molar-refractivity contribution < 1.29 is 23.6 Å². The third-order valence-corrected chi connectivity index (χ3v) is 5.11. The largest absolute Gasteiger partial charge is 0.491 e. The molecule has 4 rings (SSSR count). The maximum absolute atomic E-state index is 13.1. The first kappa shape index (κ1) is 23.4. The van der Waals surface area contributed by atoms with Crippen molar-refractivity contribution in [3.63, 3.8) is 0 Å². The van der Waals surface area contributed by atoms with Crippen LogP contribution in [0.15, 0.2) is 47.3 Å². The second-order valence-corrected chi connectivity index (χ2v) is 7.47. The van der Waals surface area contributed by atoms with E-state index in [-0.39, 0.29) is 47.5 Å². The highest BCUT2D eigenvalue weighted by molar-refractivity contribution is 6.05. The Balaban J connectivity index is 1.63. The number of nitrogens with zero attached hydrogens (tertiary/aromatic N) is 2. The first-order chi connectivity index (χ1) is 16.7. The molecule has 1 aliphatic rings. The zero-order chi connectivity index (χ0) is 25.1. The van der Waals surface area contributed by atoms with E-state index in [2.05, 4.69) is 25.9 Å². The van der Waals surface area contributed by atoms with Gasteiger partial charge in [0.1, 0.15) is 17.4 Å². The molecule has 0 fully saturated rings. The molecule has 1 aromatic heterocycles. The highest BCUT2D eigenvalue weighted by Crippen LogP contribution is 2.33. The Labute approximate surface area is 196 Å². The number of aromatic nitrogens is 2. The Morgan fingerprint density at radius 1 is 1.26 bits per heavy atom. The van der Waals surface area contributed by atoms with Gasteiger partial charge in [-0.25, -0.2) is 4.39 Å². The average molecular weight is 482 g/mol. The first-order valence-electron chi connectivity index (χ1n) is 10.4. The molecule has 0 aliphatic carbocycles. The molecule has 0 bridgehead atoms.